The van der Waals surface area contributed by atoms with Crippen molar-refractivity contribution in [3.8, 4) is 5.75 Å². The molecule has 16 heavy (non-hydrogen) atoms. The van der Waals surface area contributed by atoms with Crippen LogP contribution in [-0.4, -0.2) is 24.6 Å². The highest BCUT2D eigenvalue weighted by atomic mass is 16.5. The fourth-order valence-corrected chi connectivity index (χ4v) is 1.78. The van der Waals surface area contributed by atoms with Crippen molar-refractivity contribution >= 4 is 11.6 Å². The van der Waals surface area contributed by atoms with Crippen molar-refractivity contribution in [1.82, 2.24) is 5.32 Å². The average molecular weight is 218 g/mol. The van der Waals surface area contributed by atoms with E-state index in [0.29, 0.717) is 12.6 Å². The zero-order valence-electron chi connectivity index (χ0n) is 8.90. The van der Waals surface area contributed by atoms with E-state index in [1.165, 1.54) is 0 Å². The third kappa shape index (κ3) is 1.83. The van der Waals surface area contributed by atoms with Crippen LogP contribution in [0.3, 0.4) is 0 Å². The lowest BCUT2D eigenvalue weighted by molar-refractivity contribution is -0.127. The molecule has 0 aromatic heterocycles. The molecule has 0 bridgehead atoms. The Labute approximate surface area is 94.0 Å². The lowest BCUT2D eigenvalue weighted by Crippen LogP contribution is -2.45. The van der Waals surface area contributed by atoms with Crippen molar-refractivity contribution in [2.75, 3.05) is 11.9 Å². The largest absolute Gasteiger partial charge is 0.477 e. The molecule has 1 heterocycles. The number of rotatable bonds is 2. The SMILES string of the molecule is O=C(NC1CC1)C1CNc2ccccc2O1. The summed E-state index contributed by atoms with van der Waals surface area (Å²) in [6, 6.07) is 8.05. The van der Waals surface area contributed by atoms with Crippen LogP contribution >= 0.6 is 0 Å². The summed E-state index contributed by atoms with van der Waals surface area (Å²) in [5.74, 6) is 0.745. The molecule has 2 aliphatic rings. The minimum atomic E-state index is -0.407. The van der Waals surface area contributed by atoms with Crippen molar-refractivity contribution in [3.63, 3.8) is 0 Å². The van der Waals surface area contributed by atoms with E-state index in [1.54, 1.807) is 0 Å². The number of benzene rings is 1. The zero-order chi connectivity index (χ0) is 11.0. The normalized spacial score (nSPS) is 22.6. The predicted octanol–water partition coefficient (Wildman–Crippen LogP) is 1.14. The average Bonchev–Trinajstić information content (AvgIpc) is 3.12. The Morgan fingerprint density at radius 2 is 2.19 bits per heavy atom. The molecule has 0 radical (unpaired) electrons. The quantitative estimate of drug-likeness (QED) is 0.782. The topological polar surface area (TPSA) is 50.4 Å². The second-order valence-corrected chi connectivity index (χ2v) is 4.27. The molecule has 1 aromatic rings. The monoisotopic (exact) mass is 218 g/mol. The van der Waals surface area contributed by atoms with Crippen LogP contribution in [0.15, 0.2) is 24.3 Å². The van der Waals surface area contributed by atoms with Crippen LogP contribution in [0.4, 0.5) is 5.69 Å². The molecule has 3 rings (SSSR count). The summed E-state index contributed by atoms with van der Waals surface area (Å²) in [6.45, 7) is 0.537. The number of hydrogen-bond acceptors (Lipinski definition) is 3. The molecule has 0 spiro atoms. The van der Waals surface area contributed by atoms with Gasteiger partial charge in [-0.25, -0.2) is 0 Å². The van der Waals surface area contributed by atoms with E-state index in [1.807, 2.05) is 24.3 Å². The van der Waals surface area contributed by atoms with Crippen LogP contribution < -0.4 is 15.4 Å². The van der Waals surface area contributed by atoms with Gasteiger partial charge in [0.15, 0.2) is 6.10 Å². The molecule has 0 saturated heterocycles. The van der Waals surface area contributed by atoms with Gasteiger partial charge in [-0.2, -0.15) is 0 Å². The highest BCUT2D eigenvalue weighted by Gasteiger charge is 2.30. The number of para-hydroxylation sites is 2. The Bertz CT molecular complexity index is 415. The van der Waals surface area contributed by atoms with Gasteiger partial charge in [0.25, 0.3) is 5.91 Å². The first-order chi connectivity index (χ1) is 7.83. The predicted molar refractivity (Wildman–Crippen MR) is 60.5 cm³/mol. The standard InChI is InChI=1S/C12H14N2O2/c15-12(14-8-5-6-8)11-7-13-9-3-1-2-4-10(9)16-11/h1-4,8,11,13H,5-7H2,(H,14,15). The fraction of sp³-hybridized carbons (Fsp3) is 0.417. The molecule has 1 atom stereocenters. The maximum Gasteiger partial charge on any atom is 0.263 e. The summed E-state index contributed by atoms with van der Waals surface area (Å²) in [6.07, 6.45) is 1.79. The molecular formula is C12H14N2O2. The summed E-state index contributed by atoms with van der Waals surface area (Å²) in [7, 11) is 0. The molecular weight excluding hydrogens is 204 g/mol. The smallest absolute Gasteiger partial charge is 0.263 e. The Balaban J connectivity index is 1.69. The lowest BCUT2D eigenvalue weighted by Gasteiger charge is -2.26. The molecule has 1 aromatic carbocycles. The van der Waals surface area contributed by atoms with E-state index in [2.05, 4.69) is 10.6 Å². The zero-order valence-corrected chi connectivity index (χ0v) is 8.90. The van der Waals surface area contributed by atoms with Gasteiger partial charge in [0.2, 0.25) is 0 Å². The summed E-state index contributed by atoms with van der Waals surface area (Å²) < 4.78 is 5.65. The molecule has 1 amide bonds. The van der Waals surface area contributed by atoms with Crippen molar-refractivity contribution in [3.05, 3.63) is 24.3 Å². The Kier molecular flexibility index (Phi) is 2.20. The second kappa shape index (κ2) is 3.70. The molecule has 84 valence electrons. The van der Waals surface area contributed by atoms with Gasteiger partial charge in [-0.05, 0) is 25.0 Å². The van der Waals surface area contributed by atoms with Gasteiger partial charge in [-0.1, -0.05) is 12.1 Å². The molecule has 2 N–H and O–H groups in total. The first-order valence-corrected chi connectivity index (χ1v) is 5.63. The second-order valence-electron chi connectivity index (χ2n) is 4.27. The Morgan fingerprint density at radius 3 is 3.00 bits per heavy atom. The molecule has 1 unspecified atom stereocenters. The van der Waals surface area contributed by atoms with Crippen LogP contribution in [0.5, 0.6) is 5.75 Å². The highest BCUT2D eigenvalue weighted by Crippen LogP contribution is 2.28. The van der Waals surface area contributed by atoms with Gasteiger partial charge in [-0.3, -0.25) is 4.79 Å². The van der Waals surface area contributed by atoms with Gasteiger partial charge in [-0.15, -0.1) is 0 Å². The van der Waals surface area contributed by atoms with Crippen LogP contribution in [0.25, 0.3) is 0 Å². The Morgan fingerprint density at radius 1 is 1.38 bits per heavy atom. The van der Waals surface area contributed by atoms with E-state index < -0.39 is 6.10 Å². The molecule has 1 saturated carbocycles. The number of carbonyl (C=O) groups is 1. The van der Waals surface area contributed by atoms with E-state index in [0.717, 1.165) is 24.3 Å². The number of anilines is 1. The first-order valence-electron chi connectivity index (χ1n) is 5.63. The highest BCUT2D eigenvalue weighted by molar-refractivity contribution is 5.83. The van der Waals surface area contributed by atoms with Gasteiger partial charge >= 0.3 is 0 Å². The van der Waals surface area contributed by atoms with Crippen LogP contribution in [0.1, 0.15) is 12.8 Å². The molecule has 4 heteroatoms. The van der Waals surface area contributed by atoms with E-state index >= 15 is 0 Å². The molecule has 1 fully saturated rings. The van der Waals surface area contributed by atoms with Crippen LogP contribution in [-0.2, 0) is 4.79 Å². The third-order valence-corrected chi connectivity index (χ3v) is 2.85. The van der Waals surface area contributed by atoms with Gasteiger partial charge in [0.1, 0.15) is 5.75 Å². The van der Waals surface area contributed by atoms with Crippen molar-refractivity contribution in [1.29, 1.82) is 0 Å². The number of ether oxygens (including phenoxy) is 1. The van der Waals surface area contributed by atoms with Gasteiger partial charge in [0, 0.05) is 6.04 Å². The molecule has 1 aliphatic carbocycles. The van der Waals surface area contributed by atoms with Crippen molar-refractivity contribution < 1.29 is 9.53 Å². The summed E-state index contributed by atoms with van der Waals surface area (Å²) in [5.41, 5.74) is 0.956. The number of carbonyl (C=O) groups excluding carboxylic acids is 1. The maximum atomic E-state index is 11.8. The lowest BCUT2D eigenvalue weighted by atomic mass is 10.2. The van der Waals surface area contributed by atoms with Gasteiger partial charge < -0.3 is 15.4 Å². The number of hydrogen-bond donors (Lipinski definition) is 2. The number of nitrogens with one attached hydrogen (secondary N) is 2. The minimum absolute atomic E-state index is 0.00972. The number of amides is 1. The Hall–Kier alpha value is -1.71. The molecule has 4 nitrogen and oxygen atoms in total. The van der Waals surface area contributed by atoms with E-state index in [-0.39, 0.29) is 5.91 Å². The van der Waals surface area contributed by atoms with E-state index in [9.17, 15) is 4.79 Å². The minimum Gasteiger partial charge on any atom is -0.477 e. The molecule has 1 aliphatic heterocycles. The van der Waals surface area contributed by atoms with Crippen molar-refractivity contribution in [2.45, 2.75) is 25.0 Å². The number of fused-ring (bicyclic) bond motifs is 1. The van der Waals surface area contributed by atoms with Crippen LogP contribution in [0, 0.1) is 0 Å². The first kappa shape index (κ1) is 9.51. The summed E-state index contributed by atoms with van der Waals surface area (Å²) in [4.78, 5) is 11.8. The summed E-state index contributed by atoms with van der Waals surface area (Å²) >= 11 is 0. The van der Waals surface area contributed by atoms with E-state index in [4.69, 9.17) is 4.74 Å². The van der Waals surface area contributed by atoms with Crippen LogP contribution in [0.2, 0.25) is 0 Å². The van der Waals surface area contributed by atoms with Crippen molar-refractivity contribution in [2.24, 2.45) is 0 Å². The fourth-order valence-electron chi connectivity index (χ4n) is 1.78. The maximum absolute atomic E-state index is 11.8. The van der Waals surface area contributed by atoms with Gasteiger partial charge in [0.05, 0.1) is 12.2 Å². The summed E-state index contributed by atoms with van der Waals surface area (Å²) in [5, 5.41) is 6.15. The third-order valence-electron chi connectivity index (χ3n) is 2.85.